The number of nitrogens with zero attached hydrogens (tertiary/aromatic N) is 1. The number of hydrogen-bond donors (Lipinski definition) is 0. The van der Waals surface area contributed by atoms with Crippen molar-refractivity contribution in [3.05, 3.63) is 30.1 Å². The maximum absolute atomic E-state index is 13.7. The zero-order chi connectivity index (χ0) is 12.7. The van der Waals surface area contributed by atoms with Gasteiger partial charge in [-0.05, 0) is 25.0 Å². The highest BCUT2D eigenvalue weighted by Crippen LogP contribution is 2.40. The van der Waals surface area contributed by atoms with Gasteiger partial charge >= 0.3 is 0 Å². The highest BCUT2D eigenvalue weighted by Gasteiger charge is 2.49. The predicted octanol–water partition coefficient (Wildman–Crippen LogP) is 2.51. The van der Waals surface area contributed by atoms with Gasteiger partial charge in [0.25, 0.3) is 0 Å². The number of carbonyl (C=O) groups excluding carboxylic acids is 2. The second-order valence-corrected chi connectivity index (χ2v) is 4.96. The van der Waals surface area contributed by atoms with Crippen molar-refractivity contribution in [2.24, 2.45) is 11.8 Å². The molecule has 2 atom stereocenters. The Morgan fingerprint density at radius 1 is 1.00 bits per heavy atom. The average Bonchev–Trinajstić information content (AvgIpc) is 2.64. The Morgan fingerprint density at radius 2 is 1.56 bits per heavy atom. The summed E-state index contributed by atoms with van der Waals surface area (Å²) in [6, 6.07) is 5.96. The molecular formula is C14H14FNO2. The van der Waals surface area contributed by atoms with Gasteiger partial charge in [0, 0.05) is 0 Å². The van der Waals surface area contributed by atoms with E-state index in [-0.39, 0.29) is 29.3 Å². The van der Waals surface area contributed by atoms with Crippen LogP contribution in [0.25, 0.3) is 0 Å². The van der Waals surface area contributed by atoms with E-state index in [0.29, 0.717) is 0 Å². The van der Waals surface area contributed by atoms with Crippen LogP contribution in [-0.2, 0) is 9.59 Å². The van der Waals surface area contributed by atoms with Gasteiger partial charge < -0.3 is 0 Å². The minimum absolute atomic E-state index is 0.0990. The molecule has 3 rings (SSSR count). The van der Waals surface area contributed by atoms with E-state index >= 15 is 0 Å². The van der Waals surface area contributed by atoms with E-state index in [0.717, 1.165) is 30.6 Å². The molecule has 0 bridgehead atoms. The first-order valence-electron chi connectivity index (χ1n) is 6.32. The fourth-order valence-corrected chi connectivity index (χ4v) is 3.03. The largest absolute Gasteiger partial charge is 0.274 e. The Balaban J connectivity index is 2.00. The third kappa shape index (κ3) is 1.55. The molecule has 18 heavy (non-hydrogen) atoms. The smallest absolute Gasteiger partial charge is 0.237 e. The molecule has 0 radical (unpaired) electrons. The van der Waals surface area contributed by atoms with Gasteiger partial charge in [-0.1, -0.05) is 25.0 Å². The minimum atomic E-state index is -0.516. The monoisotopic (exact) mass is 247 g/mol. The number of amides is 2. The third-order valence-electron chi connectivity index (χ3n) is 3.93. The number of anilines is 1. The third-order valence-corrected chi connectivity index (χ3v) is 3.93. The summed E-state index contributed by atoms with van der Waals surface area (Å²) in [5.74, 6) is -1.43. The second kappa shape index (κ2) is 4.19. The first-order valence-corrected chi connectivity index (χ1v) is 6.32. The van der Waals surface area contributed by atoms with E-state index in [9.17, 15) is 14.0 Å². The quantitative estimate of drug-likeness (QED) is 0.715. The van der Waals surface area contributed by atoms with Crippen LogP contribution in [-0.4, -0.2) is 11.8 Å². The van der Waals surface area contributed by atoms with Crippen LogP contribution >= 0.6 is 0 Å². The highest BCUT2D eigenvalue weighted by atomic mass is 19.1. The summed E-state index contributed by atoms with van der Waals surface area (Å²) in [5, 5.41) is 0. The molecule has 0 spiro atoms. The van der Waals surface area contributed by atoms with Gasteiger partial charge in [-0.25, -0.2) is 9.29 Å². The molecule has 3 nitrogen and oxygen atoms in total. The first-order chi connectivity index (χ1) is 8.70. The minimum Gasteiger partial charge on any atom is -0.274 e. The van der Waals surface area contributed by atoms with Crippen molar-refractivity contribution in [2.45, 2.75) is 25.7 Å². The van der Waals surface area contributed by atoms with Gasteiger partial charge in [-0.2, -0.15) is 0 Å². The van der Waals surface area contributed by atoms with Gasteiger partial charge in [0.15, 0.2) is 0 Å². The van der Waals surface area contributed by atoms with Crippen molar-refractivity contribution in [3.63, 3.8) is 0 Å². The van der Waals surface area contributed by atoms with Crippen LogP contribution in [0.1, 0.15) is 25.7 Å². The number of fused-ring (bicyclic) bond motifs is 1. The number of carbonyl (C=O) groups is 2. The molecule has 2 fully saturated rings. The van der Waals surface area contributed by atoms with Crippen LogP contribution in [0, 0.1) is 17.7 Å². The Kier molecular flexibility index (Phi) is 2.65. The van der Waals surface area contributed by atoms with E-state index in [1.165, 1.54) is 12.1 Å². The number of para-hydroxylation sites is 1. The molecule has 1 heterocycles. The van der Waals surface area contributed by atoms with E-state index in [2.05, 4.69) is 0 Å². The number of halogens is 1. The summed E-state index contributed by atoms with van der Waals surface area (Å²) >= 11 is 0. The average molecular weight is 247 g/mol. The summed E-state index contributed by atoms with van der Waals surface area (Å²) in [6.45, 7) is 0. The van der Waals surface area contributed by atoms with Gasteiger partial charge in [0.2, 0.25) is 11.8 Å². The van der Waals surface area contributed by atoms with Crippen molar-refractivity contribution in [2.75, 3.05) is 4.90 Å². The van der Waals surface area contributed by atoms with Crippen LogP contribution in [0.15, 0.2) is 24.3 Å². The van der Waals surface area contributed by atoms with E-state index in [1.807, 2.05) is 0 Å². The maximum Gasteiger partial charge on any atom is 0.237 e. The molecule has 0 unspecified atom stereocenters. The molecule has 2 amide bonds. The van der Waals surface area contributed by atoms with Gasteiger partial charge in [0.1, 0.15) is 5.82 Å². The van der Waals surface area contributed by atoms with Crippen LogP contribution in [0.4, 0.5) is 10.1 Å². The van der Waals surface area contributed by atoms with E-state index in [1.54, 1.807) is 12.1 Å². The molecule has 4 heteroatoms. The number of rotatable bonds is 1. The molecular weight excluding hydrogens is 233 g/mol. The Bertz CT molecular complexity index is 490. The normalized spacial score (nSPS) is 27.5. The highest BCUT2D eigenvalue weighted by molar-refractivity contribution is 6.22. The molecule has 2 aliphatic rings. The summed E-state index contributed by atoms with van der Waals surface area (Å²) in [7, 11) is 0. The zero-order valence-corrected chi connectivity index (χ0v) is 9.93. The van der Waals surface area contributed by atoms with E-state index in [4.69, 9.17) is 0 Å². The van der Waals surface area contributed by atoms with E-state index < -0.39 is 5.82 Å². The lowest BCUT2D eigenvalue weighted by atomic mass is 9.81. The van der Waals surface area contributed by atoms with Gasteiger partial charge in [0.05, 0.1) is 17.5 Å². The number of imide groups is 1. The van der Waals surface area contributed by atoms with Crippen molar-refractivity contribution in [3.8, 4) is 0 Å². The van der Waals surface area contributed by atoms with Crippen LogP contribution < -0.4 is 4.90 Å². The molecule has 1 saturated carbocycles. The van der Waals surface area contributed by atoms with Crippen LogP contribution in [0.3, 0.4) is 0 Å². The predicted molar refractivity (Wildman–Crippen MR) is 64.3 cm³/mol. The molecule has 1 aliphatic heterocycles. The summed E-state index contributed by atoms with van der Waals surface area (Å²) in [5.41, 5.74) is 0.0990. The van der Waals surface area contributed by atoms with Crippen molar-refractivity contribution in [1.82, 2.24) is 0 Å². The molecule has 94 valence electrons. The molecule has 1 aliphatic carbocycles. The van der Waals surface area contributed by atoms with Gasteiger partial charge in [-0.3, -0.25) is 9.59 Å². The zero-order valence-electron chi connectivity index (χ0n) is 9.93. The molecule has 1 aromatic rings. The van der Waals surface area contributed by atoms with Crippen molar-refractivity contribution >= 4 is 17.5 Å². The molecule has 1 aromatic carbocycles. The van der Waals surface area contributed by atoms with Crippen LogP contribution in [0.2, 0.25) is 0 Å². The Labute approximate surface area is 105 Å². The first kappa shape index (κ1) is 11.4. The summed E-state index contributed by atoms with van der Waals surface area (Å²) in [6.07, 6.45) is 3.46. The lowest BCUT2D eigenvalue weighted by molar-refractivity contribution is -0.122. The summed E-state index contributed by atoms with van der Waals surface area (Å²) in [4.78, 5) is 25.5. The second-order valence-electron chi connectivity index (χ2n) is 4.96. The van der Waals surface area contributed by atoms with Crippen molar-refractivity contribution < 1.29 is 14.0 Å². The molecule has 0 N–H and O–H groups in total. The lowest BCUT2D eigenvalue weighted by Crippen LogP contribution is -2.31. The van der Waals surface area contributed by atoms with Crippen molar-refractivity contribution in [1.29, 1.82) is 0 Å². The SMILES string of the molecule is O=C1[C@H]2CCCC[C@H]2C(=O)N1c1ccccc1F. The number of hydrogen-bond acceptors (Lipinski definition) is 2. The Morgan fingerprint density at radius 3 is 2.11 bits per heavy atom. The maximum atomic E-state index is 13.7. The van der Waals surface area contributed by atoms with Crippen LogP contribution in [0.5, 0.6) is 0 Å². The van der Waals surface area contributed by atoms with Gasteiger partial charge in [-0.15, -0.1) is 0 Å². The standard InChI is InChI=1S/C14H14FNO2/c15-11-7-3-4-8-12(11)16-13(17)9-5-1-2-6-10(9)14(16)18/h3-4,7-10H,1-2,5-6H2/t9-,10+. The fraction of sp³-hybridized carbons (Fsp3) is 0.429. The molecule has 0 aromatic heterocycles. The fourth-order valence-electron chi connectivity index (χ4n) is 3.03. The molecule has 1 saturated heterocycles. The summed E-state index contributed by atoms with van der Waals surface area (Å²) < 4.78 is 13.7. The lowest BCUT2D eigenvalue weighted by Gasteiger charge is -2.19. The topological polar surface area (TPSA) is 37.4 Å². The Hall–Kier alpha value is -1.71. The number of benzene rings is 1.